The standard InChI is InChI=1S/C38H48ClNO8S/c1-22(27-11-12-28-35-29(20-33(43)38(27,28)3)37(2)16-15-26(41)18-25(37)19-31(35)42)9-14-34(44)48-36(45)24-10-13-30(39)32(17-24)49(46,47)40-21-23-7-5-4-6-8-23/h4-8,10,13,17,21-22,25-29,31,33,35,41-43H,9,11-12,14-16,18-20H2,1-3H3/b40-21+. The van der Waals surface area contributed by atoms with Gasteiger partial charge in [-0.05, 0) is 121 Å². The molecule has 4 fully saturated rings. The largest absolute Gasteiger partial charge is 0.393 e. The van der Waals surface area contributed by atoms with E-state index in [0.717, 1.165) is 31.7 Å². The van der Waals surface area contributed by atoms with Gasteiger partial charge in [0.1, 0.15) is 4.90 Å². The monoisotopic (exact) mass is 713 g/mol. The second-order valence-electron chi connectivity index (χ2n) is 15.6. The Morgan fingerprint density at radius 2 is 1.76 bits per heavy atom. The molecule has 2 aromatic rings. The van der Waals surface area contributed by atoms with E-state index in [0.29, 0.717) is 31.2 Å². The topological polar surface area (TPSA) is 151 Å². The summed E-state index contributed by atoms with van der Waals surface area (Å²) in [6, 6.07) is 12.3. The highest BCUT2D eigenvalue weighted by Gasteiger charge is 2.65. The van der Waals surface area contributed by atoms with Crippen molar-refractivity contribution in [2.75, 3.05) is 0 Å². The molecule has 4 aliphatic rings. The molecule has 6 rings (SSSR count). The lowest BCUT2D eigenvalue weighted by atomic mass is 9.43. The van der Waals surface area contributed by atoms with Crippen LogP contribution in [0.5, 0.6) is 0 Å². The fourth-order valence-electron chi connectivity index (χ4n) is 10.4. The number of carbonyl (C=O) groups excluding carboxylic acids is 2. The van der Waals surface area contributed by atoms with Crippen LogP contribution in [0.3, 0.4) is 0 Å². The van der Waals surface area contributed by atoms with Crippen molar-refractivity contribution in [2.45, 2.75) is 102 Å². The summed E-state index contributed by atoms with van der Waals surface area (Å²) < 4.78 is 34.7. The zero-order chi connectivity index (χ0) is 35.3. The average Bonchev–Trinajstić information content (AvgIpc) is 3.43. The lowest BCUT2D eigenvalue weighted by Crippen LogP contribution is -2.62. The first-order valence-corrected chi connectivity index (χ1v) is 19.4. The van der Waals surface area contributed by atoms with Crippen molar-refractivity contribution >= 4 is 39.8 Å². The molecule has 0 bridgehead atoms. The van der Waals surface area contributed by atoms with Crippen molar-refractivity contribution in [1.29, 1.82) is 0 Å². The van der Waals surface area contributed by atoms with E-state index in [9.17, 15) is 33.3 Å². The van der Waals surface area contributed by atoms with Gasteiger partial charge in [0.15, 0.2) is 0 Å². The van der Waals surface area contributed by atoms with E-state index in [1.54, 1.807) is 30.3 Å². The Morgan fingerprint density at radius 3 is 2.49 bits per heavy atom. The highest BCUT2D eigenvalue weighted by Crippen LogP contribution is 2.68. The number of hydrogen-bond acceptors (Lipinski definition) is 8. The van der Waals surface area contributed by atoms with E-state index in [1.165, 1.54) is 18.3 Å². The average molecular weight is 714 g/mol. The van der Waals surface area contributed by atoms with Gasteiger partial charge in [0.05, 0.1) is 28.9 Å². The van der Waals surface area contributed by atoms with E-state index in [1.807, 2.05) is 0 Å². The molecular weight excluding hydrogens is 666 g/mol. The Kier molecular flexibility index (Phi) is 10.2. The predicted molar refractivity (Wildman–Crippen MR) is 185 cm³/mol. The van der Waals surface area contributed by atoms with E-state index in [2.05, 4.69) is 25.2 Å². The van der Waals surface area contributed by atoms with Crippen LogP contribution in [-0.2, 0) is 19.6 Å². The number of halogens is 1. The number of benzene rings is 2. The first-order valence-electron chi connectivity index (χ1n) is 17.6. The number of nitrogens with zero attached hydrogens (tertiary/aromatic N) is 1. The summed E-state index contributed by atoms with van der Waals surface area (Å²) in [4.78, 5) is 25.4. The molecule has 0 radical (unpaired) electrons. The summed E-state index contributed by atoms with van der Waals surface area (Å²) in [7, 11) is -4.25. The van der Waals surface area contributed by atoms with E-state index in [-0.39, 0.29) is 68.9 Å². The fourth-order valence-corrected chi connectivity index (χ4v) is 11.8. The molecular formula is C38H48ClNO8S. The van der Waals surface area contributed by atoms with Crippen LogP contribution < -0.4 is 0 Å². The Bertz CT molecular complexity index is 1700. The van der Waals surface area contributed by atoms with Crippen LogP contribution >= 0.6 is 11.6 Å². The number of ether oxygens (including phenoxy) is 1. The van der Waals surface area contributed by atoms with Gasteiger partial charge in [0.25, 0.3) is 10.0 Å². The van der Waals surface area contributed by atoms with Gasteiger partial charge < -0.3 is 20.1 Å². The molecule has 9 nitrogen and oxygen atoms in total. The Balaban J connectivity index is 1.08. The number of aliphatic hydroxyl groups is 3. The molecule has 3 N–H and O–H groups in total. The number of sulfonamides is 1. The minimum atomic E-state index is -4.25. The maximum Gasteiger partial charge on any atom is 0.345 e. The highest BCUT2D eigenvalue weighted by atomic mass is 35.5. The zero-order valence-corrected chi connectivity index (χ0v) is 29.9. The lowest BCUT2D eigenvalue weighted by molar-refractivity contribution is -0.207. The van der Waals surface area contributed by atoms with Crippen molar-refractivity contribution in [2.24, 2.45) is 50.7 Å². The SMILES string of the molecule is CC(CCC(=O)OC(=O)c1ccc(Cl)c(S(=O)(=O)/N=C/c2ccccc2)c1)C1CCC2C3C(O)CC4CC(O)CCC4(C)C3CC(O)C12C. The zero-order valence-electron chi connectivity index (χ0n) is 28.4. The van der Waals surface area contributed by atoms with Gasteiger partial charge in [-0.1, -0.05) is 62.7 Å². The quantitative estimate of drug-likeness (QED) is 0.166. The maximum atomic E-state index is 12.9. The molecule has 4 aliphatic carbocycles. The van der Waals surface area contributed by atoms with Gasteiger partial charge >= 0.3 is 11.9 Å². The van der Waals surface area contributed by atoms with Crippen LogP contribution in [0.1, 0.15) is 94.5 Å². The van der Waals surface area contributed by atoms with Crippen molar-refractivity contribution in [1.82, 2.24) is 0 Å². The summed E-state index contributed by atoms with van der Waals surface area (Å²) in [6.45, 7) is 6.56. The molecule has 0 aromatic heterocycles. The number of fused-ring (bicyclic) bond motifs is 5. The van der Waals surface area contributed by atoms with Crippen LogP contribution in [-0.4, -0.2) is 60.2 Å². The smallest absolute Gasteiger partial charge is 0.345 e. The number of hydrogen-bond donors (Lipinski definition) is 3. The van der Waals surface area contributed by atoms with E-state index in [4.69, 9.17) is 16.3 Å². The summed E-state index contributed by atoms with van der Waals surface area (Å²) >= 11 is 6.16. The third kappa shape index (κ3) is 6.76. The minimum Gasteiger partial charge on any atom is -0.393 e. The van der Waals surface area contributed by atoms with Crippen LogP contribution in [0.2, 0.25) is 5.02 Å². The normalized spacial score (nSPS) is 36.4. The summed E-state index contributed by atoms with van der Waals surface area (Å²) in [6.07, 6.45) is 5.83. The number of aliphatic hydroxyl groups excluding tert-OH is 3. The Morgan fingerprint density at radius 1 is 1.02 bits per heavy atom. The molecule has 266 valence electrons. The predicted octanol–water partition coefficient (Wildman–Crippen LogP) is 6.21. The second kappa shape index (κ2) is 13.8. The van der Waals surface area contributed by atoms with Crippen molar-refractivity contribution in [3.05, 3.63) is 64.7 Å². The summed E-state index contributed by atoms with van der Waals surface area (Å²) in [5.74, 6) is -0.801. The molecule has 49 heavy (non-hydrogen) atoms. The van der Waals surface area contributed by atoms with Gasteiger partial charge in [-0.2, -0.15) is 12.8 Å². The third-order valence-corrected chi connectivity index (χ3v) is 14.8. The highest BCUT2D eigenvalue weighted by molar-refractivity contribution is 7.90. The first-order chi connectivity index (χ1) is 23.1. The van der Waals surface area contributed by atoms with E-state index >= 15 is 0 Å². The number of esters is 2. The third-order valence-electron chi connectivity index (χ3n) is 13.1. The maximum absolute atomic E-state index is 12.9. The second-order valence-corrected chi connectivity index (χ2v) is 17.6. The van der Waals surface area contributed by atoms with Crippen molar-refractivity contribution in [3.8, 4) is 0 Å². The van der Waals surface area contributed by atoms with Crippen LogP contribution in [0.15, 0.2) is 57.8 Å². The van der Waals surface area contributed by atoms with Crippen LogP contribution in [0.4, 0.5) is 0 Å². The molecule has 11 atom stereocenters. The van der Waals surface area contributed by atoms with Crippen molar-refractivity contribution in [3.63, 3.8) is 0 Å². The molecule has 0 heterocycles. The van der Waals surface area contributed by atoms with Gasteiger partial charge in [0, 0.05) is 12.6 Å². The molecule has 0 aliphatic heterocycles. The Labute approximate surface area is 294 Å². The number of rotatable bonds is 8. The fraction of sp³-hybridized carbons (Fsp3) is 0.605. The summed E-state index contributed by atoms with van der Waals surface area (Å²) in [5.41, 5.74) is 0.0181. The minimum absolute atomic E-state index is 0.00412. The first kappa shape index (κ1) is 36.2. The van der Waals surface area contributed by atoms with Crippen LogP contribution in [0, 0.1) is 46.3 Å². The number of carbonyl (C=O) groups is 2. The summed E-state index contributed by atoms with van der Waals surface area (Å²) in [5, 5.41) is 33.6. The van der Waals surface area contributed by atoms with Gasteiger partial charge in [0.2, 0.25) is 0 Å². The molecule has 2 aromatic carbocycles. The van der Waals surface area contributed by atoms with Gasteiger partial charge in [-0.25, -0.2) is 4.79 Å². The Hall–Kier alpha value is -2.63. The van der Waals surface area contributed by atoms with Crippen molar-refractivity contribution < 1.29 is 38.1 Å². The molecule has 0 saturated heterocycles. The van der Waals surface area contributed by atoms with Gasteiger partial charge in [-0.15, -0.1) is 0 Å². The van der Waals surface area contributed by atoms with Crippen LogP contribution in [0.25, 0.3) is 0 Å². The molecule has 11 heteroatoms. The van der Waals surface area contributed by atoms with E-state index < -0.39 is 39.6 Å². The lowest BCUT2D eigenvalue weighted by Gasteiger charge is -2.63. The molecule has 0 spiro atoms. The molecule has 11 unspecified atom stereocenters. The molecule has 0 amide bonds. The van der Waals surface area contributed by atoms with Gasteiger partial charge in [-0.3, -0.25) is 4.79 Å². The molecule has 4 saturated carbocycles.